The molecule has 0 aliphatic carbocycles. The minimum absolute atomic E-state index is 0.135. The highest BCUT2D eigenvalue weighted by atomic mass is 19.3. The molecule has 1 aromatic rings. The number of carbonyl (C=O) groups is 3. The fourth-order valence-corrected chi connectivity index (χ4v) is 3.53. The molecule has 160 valence electrons. The van der Waals surface area contributed by atoms with E-state index in [1.807, 2.05) is 0 Å². The van der Waals surface area contributed by atoms with Gasteiger partial charge in [-0.3, -0.25) is 9.59 Å². The minimum Gasteiger partial charge on any atom is -0.443 e. The van der Waals surface area contributed by atoms with Crippen LogP contribution in [-0.4, -0.2) is 47.4 Å². The number of fused-ring (bicyclic) bond motifs is 1. The zero-order chi connectivity index (χ0) is 22.2. The van der Waals surface area contributed by atoms with E-state index in [0.29, 0.717) is 0 Å². The third kappa shape index (κ3) is 4.26. The zero-order valence-corrected chi connectivity index (χ0v) is 17.7. The van der Waals surface area contributed by atoms with E-state index in [2.05, 4.69) is 0 Å². The number of halogens is 2. The van der Waals surface area contributed by atoms with Crippen LogP contribution >= 0.6 is 0 Å². The van der Waals surface area contributed by atoms with Gasteiger partial charge in [0.1, 0.15) is 5.60 Å². The molecule has 0 bridgehead atoms. The van der Waals surface area contributed by atoms with Crippen molar-refractivity contribution in [3.8, 4) is 0 Å². The number of rotatable bonds is 5. The molecule has 1 aliphatic rings. The summed E-state index contributed by atoms with van der Waals surface area (Å²) in [4.78, 5) is 40.0. The smallest absolute Gasteiger partial charge is 0.421 e. The highest BCUT2D eigenvalue weighted by Crippen LogP contribution is 2.47. The van der Waals surface area contributed by atoms with Crippen molar-refractivity contribution >= 4 is 23.6 Å². The Morgan fingerprint density at radius 2 is 1.69 bits per heavy atom. The van der Waals surface area contributed by atoms with Gasteiger partial charge in [0.05, 0.1) is 11.1 Å². The molecule has 0 saturated heterocycles. The van der Waals surface area contributed by atoms with Crippen molar-refractivity contribution in [1.29, 1.82) is 0 Å². The molecule has 1 heterocycles. The predicted molar refractivity (Wildman–Crippen MR) is 105 cm³/mol. The molecule has 1 aromatic carbocycles. The number of imide groups is 1. The normalized spacial score (nSPS) is 19.2. The second-order valence-corrected chi connectivity index (χ2v) is 8.33. The van der Waals surface area contributed by atoms with Crippen molar-refractivity contribution in [2.75, 3.05) is 18.0 Å². The van der Waals surface area contributed by atoms with Crippen molar-refractivity contribution < 1.29 is 27.9 Å². The number of alkyl halides is 2. The molecule has 0 fully saturated rings. The highest BCUT2D eigenvalue weighted by molar-refractivity contribution is 6.21. The number of ether oxygens (including phenoxy) is 1. The molecule has 0 aromatic heterocycles. The molecule has 1 aliphatic heterocycles. The Balaban J connectivity index is 2.46. The lowest BCUT2D eigenvalue weighted by Gasteiger charge is -2.31. The number of hydrogen-bond acceptors (Lipinski definition) is 4. The molecular formula is C21H28F2N2O4. The molecule has 3 amide bonds. The number of carbonyl (C=O) groups excluding carboxylic acids is 3. The molecule has 8 heteroatoms. The number of benzene rings is 1. The summed E-state index contributed by atoms with van der Waals surface area (Å²) in [5.41, 5.74) is -2.16. The first-order valence-corrected chi connectivity index (χ1v) is 9.62. The predicted octanol–water partition coefficient (Wildman–Crippen LogP) is 4.12. The maximum absolute atomic E-state index is 14.9. The standard InChI is InChI=1S/C21H28F2N2O4/c1-7-24(8-2)17(27)21(22,23)13-20(6)14-11-9-10-12-15(14)25(16(20)26)18(28)29-19(3,4)5/h9-12H,7-8,13H2,1-6H3. The minimum atomic E-state index is -3.77. The first-order valence-electron chi connectivity index (χ1n) is 9.62. The van der Waals surface area contributed by atoms with E-state index in [1.54, 1.807) is 46.8 Å². The molecule has 0 spiro atoms. The fraction of sp³-hybridized carbons (Fsp3) is 0.571. The maximum Gasteiger partial charge on any atom is 0.421 e. The number of hydrogen-bond donors (Lipinski definition) is 0. The molecule has 2 rings (SSSR count). The van der Waals surface area contributed by atoms with Gasteiger partial charge in [-0.2, -0.15) is 8.78 Å². The molecule has 0 saturated carbocycles. The van der Waals surface area contributed by atoms with Gasteiger partial charge in [-0.1, -0.05) is 18.2 Å². The van der Waals surface area contributed by atoms with Crippen LogP contribution in [0.25, 0.3) is 0 Å². The quantitative estimate of drug-likeness (QED) is 0.732. The van der Waals surface area contributed by atoms with Crippen molar-refractivity contribution in [3.63, 3.8) is 0 Å². The molecule has 1 atom stereocenters. The van der Waals surface area contributed by atoms with Crippen molar-refractivity contribution in [2.24, 2.45) is 0 Å². The Bertz CT molecular complexity index is 815. The number of para-hydroxylation sites is 1. The molecule has 6 nitrogen and oxygen atoms in total. The van der Waals surface area contributed by atoms with Crippen LogP contribution in [0.5, 0.6) is 0 Å². The van der Waals surface area contributed by atoms with Crippen LogP contribution < -0.4 is 4.90 Å². The molecule has 29 heavy (non-hydrogen) atoms. The second kappa shape index (κ2) is 7.72. The third-order valence-electron chi connectivity index (χ3n) is 4.93. The lowest BCUT2D eigenvalue weighted by molar-refractivity contribution is -0.160. The number of anilines is 1. The van der Waals surface area contributed by atoms with Crippen molar-refractivity contribution in [1.82, 2.24) is 4.90 Å². The van der Waals surface area contributed by atoms with Gasteiger partial charge >= 0.3 is 12.0 Å². The van der Waals surface area contributed by atoms with E-state index in [0.717, 1.165) is 9.80 Å². The van der Waals surface area contributed by atoms with E-state index in [4.69, 9.17) is 4.74 Å². The Morgan fingerprint density at radius 1 is 1.14 bits per heavy atom. The van der Waals surface area contributed by atoms with E-state index < -0.39 is 41.3 Å². The maximum atomic E-state index is 14.9. The summed E-state index contributed by atoms with van der Waals surface area (Å²) >= 11 is 0. The topological polar surface area (TPSA) is 66.9 Å². The molecule has 0 radical (unpaired) electrons. The van der Waals surface area contributed by atoms with Crippen molar-refractivity contribution in [3.05, 3.63) is 29.8 Å². The van der Waals surface area contributed by atoms with Crippen LogP contribution in [0, 0.1) is 0 Å². The number of nitrogens with zero attached hydrogens (tertiary/aromatic N) is 2. The van der Waals surface area contributed by atoms with Crippen LogP contribution in [0.4, 0.5) is 19.3 Å². The zero-order valence-electron chi connectivity index (χ0n) is 17.7. The Labute approximate surface area is 169 Å². The Morgan fingerprint density at radius 3 is 2.21 bits per heavy atom. The highest BCUT2D eigenvalue weighted by Gasteiger charge is 2.57. The van der Waals surface area contributed by atoms with Gasteiger partial charge in [0.25, 0.3) is 5.91 Å². The van der Waals surface area contributed by atoms with Crippen LogP contribution in [0.3, 0.4) is 0 Å². The van der Waals surface area contributed by atoms with Gasteiger partial charge in [0, 0.05) is 19.5 Å². The van der Waals surface area contributed by atoms with E-state index in [1.165, 1.54) is 19.1 Å². The van der Waals surface area contributed by atoms with E-state index >= 15 is 0 Å². The van der Waals surface area contributed by atoms with Gasteiger partial charge in [0.15, 0.2) is 0 Å². The number of amides is 3. The summed E-state index contributed by atoms with van der Waals surface area (Å²) in [6, 6.07) is 6.24. The van der Waals surface area contributed by atoms with Gasteiger partial charge in [-0.15, -0.1) is 0 Å². The largest absolute Gasteiger partial charge is 0.443 e. The third-order valence-corrected chi connectivity index (χ3v) is 4.93. The van der Waals surface area contributed by atoms with Crippen LogP contribution in [0.2, 0.25) is 0 Å². The first-order chi connectivity index (χ1) is 13.3. The SMILES string of the molecule is CCN(CC)C(=O)C(F)(F)CC1(C)C(=O)N(C(=O)OC(C)(C)C)c2ccccc21. The van der Waals surface area contributed by atoms with Gasteiger partial charge in [0.2, 0.25) is 5.91 Å². The molecule has 1 unspecified atom stereocenters. The summed E-state index contributed by atoms with van der Waals surface area (Å²) in [5.74, 6) is -5.93. The lowest BCUT2D eigenvalue weighted by Crippen LogP contribution is -2.50. The summed E-state index contributed by atoms with van der Waals surface area (Å²) in [5, 5.41) is 0. The van der Waals surface area contributed by atoms with Gasteiger partial charge in [-0.25, -0.2) is 9.69 Å². The summed E-state index contributed by atoms with van der Waals surface area (Å²) in [7, 11) is 0. The monoisotopic (exact) mass is 410 g/mol. The van der Waals surface area contributed by atoms with Gasteiger partial charge < -0.3 is 9.64 Å². The Hall–Kier alpha value is -2.51. The fourth-order valence-electron chi connectivity index (χ4n) is 3.53. The van der Waals surface area contributed by atoms with Gasteiger partial charge in [-0.05, 0) is 53.2 Å². The van der Waals surface area contributed by atoms with Crippen molar-refractivity contribution in [2.45, 2.75) is 64.9 Å². The molecule has 0 N–H and O–H groups in total. The summed E-state index contributed by atoms with van der Waals surface area (Å²) in [6.07, 6.45) is -1.97. The van der Waals surface area contributed by atoms with E-state index in [9.17, 15) is 23.2 Å². The second-order valence-electron chi connectivity index (χ2n) is 8.33. The average Bonchev–Trinajstić information content (AvgIpc) is 2.82. The first kappa shape index (κ1) is 22.8. The van der Waals surface area contributed by atoms with Crippen LogP contribution in [0.1, 0.15) is 53.5 Å². The Kier molecular flexibility index (Phi) is 6.07. The van der Waals surface area contributed by atoms with Crippen LogP contribution in [0.15, 0.2) is 24.3 Å². The molecular weight excluding hydrogens is 382 g/mol. The lowest BCUT2D eigenvalue weighted by atomic mass is 9.78. The van der Waals surface area contributed by atoms with Crippen LogP contribution in [-0.2, 0) is 19.7 Å². The van der Waals surface area contributed by atoms with E-state index in [-0.39, 0.29) is 24.3 Å². The average molecular weight is 410 g/mol. The summed E-state index contributed by atoms with van der Waals surface area (Å²) in [6.45, 7) is 9.77. The summed E-state index contributed by atoms with van der Waals surface area (Å²) < 4.78 is 35.2.